The first-order valence-corrected chi connectivity index (χ1v) is 14.3. The molecule has 12 heteroatoms. The number of anilines is 1. The number of thiophene rings is 1. The van der Waals surface area contributed by atoms with Crippen molar-refractivity contribution in [2.75, 3.05) is 31.6 Å². The molecule has 3 N–H and O–H groups in total. The van der Waals surface area contributed by atoms with Gasteiger partial charge in [-0.3, -0.25) is 14.8 Å². The van der Waals surface area contributed by atoms with Gasteiger partial charge in [-0.2, -0.15) is 18.3 Å². The van der Waals surface area contributed by atoms with E-state index in [2.05, 4.69) is 68.3 Å². The molecular formula is C30H27F3N4O4S. The number of ether oxygens (including phenoxy) is 1. The third kappa shape index (κ3) is 5.44. The molecule has 2 aliphatic heterocycles. The molecule has 1 amide bonds. The highest BCUT2D eigenvalue weighted by Gasteiger charge is 2.65. The summed E-state index contributed by atoms with van der Waals surface area (Å²) < 4.78 is 37.2. The van der Waals surface area contributed by atoms with E-state index in [0.29, 0.717) is 0 Å². The second-order valence-electron chi connectivity index (χ2n) is 10.5. The minimum absolute atomic E-state index is 0.126. The quantitative estimate of drug-likeness (QED) is 0.275. The fraction of sp³-hybridized carbons (Fsp3) is 0.300. The molecule has 2 atom stereocenters. The predicted octanol–water partition coefficient (Wildman–Crippen LogP) is 5.64. The number of nitrogens with one attached hydrogen (secondary N) is 2. The molecule has 0 radical (unpaired) electrons. The summed E-state index contributed by atoms with van der Waals surface area (Å²) >= 11 is 1.81. The van der Waals surface area contributed by atoms with Crippen LogP contribution in [0.4, 0.5) is 18.9 Å². The third-order valence-electron chi connectivity index (χ3n) is 7.87. The lowest BCUT2D eigenvalue weighted by molar-refractivity contribution is -0.192. The monoisotopic (exact) mass is 596 g/mol. The molecular weight excluding hydrogens is 569 g/mol. The number of carboxylic acids is 1. The number of aromatic amines is 1. The lowest BCUT2D eigenvalue weighted by Crippen LogP contribution is -2.35. The van der Waals surface area contributed by atoms with Crippen LogP contribution < -0.4 is 5.32 Å². The van der Waals surface area contributed by atoms with Gasteiger partial charge in [-0.15, -0.1) is 11.3 Å². The molecule has 218 valence electrons. The first-order chi connectivity index (χ1) is 20.1. The number of fused-ring (bicyclic) bond motifs is 3. The second kappa shape index (κ2) is 11.0. The molecule has 8 nitrogen and oxygen atoms in total. The summed E-state index contributed by atoms with van der Waals surface area (Å²) in [6.07, 6.45) is -0.00986. The fourth-order valence-electron chi connectivity index (χ4n) is 5.68. The van der Waals surface area contributed by atoms with E-state index in [0.717, 1.165) is 67.1 Å². The largest absolute Gasteiger partial charge is 0.490 e. The zero-order valence-electron chi connectivity index (χ0n) is 22.3. The van der Waals surface area contributed by atoms with Gasteiger partial charge in [0.25, 0.3) is 0 Å². The number of halogens is 3. The number of carbonyl (C=O) groups is 2. The van der Waals surface area contributed by atoms with E-state index in [4.69, 9.17) is 14.6 Å². The predicted molar refractivity (Wildman–Crippen MR) is 153 cm³/mol. The summed E-state index contributed by atoms with van der Waals surface area (Å²) in [5.74, 6) is -2.43. The number of aliphatic carboxylic acids is 1. The molecule has 2 fully saturated rings. The van der Waals surface area contributed by atoms with Crippen LogP contribution in [0.2, 0.25) is 0 Å². The minimum atomic E-state index is -5.08. The van der Waals surface area contributed by atoms with Crippen molar-refractivity contribution in [2.45, 2.75) is 30.5 Å². The van der Waals surface area contributed by atoms with Gasteiger partial charge in [0.2, 0.25) is 5.91 Å². The van der Waals surface area contributed by atoms with Crippen LogP contribution in [0.15, 0.2) is 53.9 Å². The second-order valence-corrected chi connectivity index (χ2v) is 11.5. The van der Waals surface area contributed by atoms with Gasteiger partial charge in [0, 0.05) is 41.5 Å². The van der Waals surface area contributed by atoms with E-state index < -0.39 is 17.6 Å². The van der Waals surface area contributed by atoms with Gasteiger partial charge in [-0.1, -0.05) is 36.4 Å². The molecule has 7 rings (SSSR count). The molecule has 0 bridgehead atoms. The van der Waals surface area contributed by atoms with Crippen LogP contribution in [0, 0.1) is 0 Å². The smallest absolute Gasteiger partial charge is 0.475 e. The van der Waals surface area contributed by atoms with Gasteiger partial charge in [-0.05, 0) is 52.8 Å². The average Bonchev–Trinajstić information content (AvgIpc) is 3.19. The van der Waals surface area contributed by atoms with E-state index in [1.54, 1.807) is 11.3 Å². The number of amides is 1. The number of alkyl halides is 3. The maximum atomic E-state index is 12.9. The lowest BCUT2D eigenvalue weighted by Gasteiger charge is -2.25. The van der Waals surface area contributed by atoms with Crippen LogP contribution in [0.1, 0.15) is 39.6 Å². The van der Waals surface area contributed by atoms with Gasteiger partial charge in [-0.25, -0.2) is 4.79 Å². The summed E-state index contributed by atoms with van der Waals surface area (Å²) in [6.45, 7) is 4.65. The molecule has 1 aliphatic carbocycles. The van der Waals surface area contributed by atoms with Crippen molar-refractivity contribution in [3.05, 3.63) is 81.2 Å². The highest BCUT2D eigenvalue weighted by atomic mass is 32.1. The molecule has 1 saturated heterocycles. The van der Waals surface area contributed by atoms with Gasteiger partial charge in [0.05, 0.1) is 29.8 Å². The molecule has 3 aliphatic rings. The summed E-state index contributed by atoms with van der Waals surface area (Å²) in [6, 6.07) is 16.8. The van der Waals surface area contributed by atoms with Crippen LogP contribution in [-0.2, 0) is 26.3 Å². The third-order valence-corrected chi connectivity index (χ3v) is 8.81. The maximum absolute atomic E-state index is 12.9. The normalized spacial score (nSPS) is 21.8. The SMILES string of the molecule is O=C(O)C(F)(F)F.O=C1Nc2ccccc2[C@]12C[C@H]2c1ccc2c(C=Cc3csc(CN4CCOCC4)c3)n[nH]c2c1. The Hall–Kier alpha value is -4.00. The molecule has 1 saturated carbocycles. The lowest BCUT2D eigenvalue weighted by atomic mass is 9.92. The summed E-state index contributed by atoms with van der Waals surface area (Å²) in [5, 5.41) is 21.3. The minimum Gasteiger partial charge on any atom is -0.475 e. The molecule has 1 spiro atoms. The number of hydrogen-bond donors (Lipinski definition) is 3. The van der Waals surface area contributed by atoms with Crippen LogP contribution in [0.3, 0.4) is 0 Å². The van der Waals surface area contributed by atoms with Crippen LogP contribution >= 0.6 is 11.3 Å². The zero-order chi connectivity index (χ0) is 29.5. The van der Waals surface area contributed by atoms with Crippen molar-refractivity contribution in [1.82, 2.24) is 15.1 Å². The molecule has 2 aromatic heterocycles. The Morgan fingerprint density at radius 1 is 1.17 bits per heavy atom. The number of carbonyl (C=O) groups excluding carboxylic acids is 1. The number of carboxylic acid groups (broad SMARTS) is 1. The molecule has 0 unspecified atom stereocenters. The van der Waals surface area contributed by atoms with Crippen LogP contribution in [-0.4, -0.2) is 64.6 Å². The Morgan fingerprint density at radius 2 is 1.93 bits per heavy atom. The van der Waals surface area contributed by atoms with Gasteiger partial charge >= 0.3 is 12.1 Å². The van der Waals surface area contributed by atoms with Gasteiger partial charge in [0.15, 0.2) is 0 Å². The summed E-state index contributed by atoms with van der Waals surface area (Å²) in [4.78, 5) is 25.6. The highest BCUT2D eigenvalue weighted by Crippen LogP contribution is 2.65. The van der Waals surface area contributed by atoms with E-state index >= 15 is 0 Å². The van der Waals surface area contributed by atoms with Crippen molar-refractivity contribution in [3.63, 3.8) is 0 Å². The Morgan fingerprint density at radius 3 is 2.69 bits per heavy atom. The average molecular weight is 597 g/mol. The first kappa shape index (κ1) is 28.1. The zero-order valence-corrected chi connectivity index (χ0v) is 23.1. The first-order valence-electron chi connectivity index (χ1n) is 13.4. The Kier molecular flexibility index (Phi) is 7.37. The van der Waals surface area contributed by atoms with Crippen LogP contribution in [0.25, 0.3) is 23.1 Å². The Bertz CT molecular complexity index is 1670. The van der Waals surface area contributed by atoms with Crippen molar-refractivity contribution < 1.29 is 32.6 Å². The maximum Gasteiger partial charge on any atom is 0.490 e. The number of benzene rings is 2. The Labute approximate surface area is 242 Å². The van der Waals surface area contributed by atoms with E-state index in [-0.39, 0.29) is 11.8 Å². The summed E-state index contributed by atoms with van der Waals surface area (Å²) in [7, 11) is 0. The summed E-state index contributed by atoms with van der Waals surface area (Å²) in [5.41, 5.74) is 6.01. The highest BCUT2D eigenvalue weighted by molar-refractivity contribution is 7.10. The fourth-order valence-corrected chi connectivity index (χ4v) is 6.57. The number of H-pyrrole nitrogens is 1. The van der Waals surface area contributed by atoms with Crippen molar-refractivity contribution in [2.24, 2.45) is 0 Å². The van der Waals surface area contributed by atoms with E-state index in [1.165, 1.54) is 16.0 Å². The van der Waals surface area contributed by atoms with Crippen molar-refractivity contribution in [1.29, 1.82) is 0 Å². The van der Waals surface area contributed by atoms with Gasteiger partial charge in [0.1, 0.15) is 0 Å². The topological polar surface area (TPSA) is 108 Å². The van der Waals surface area contributed by atoms with Crippen molar-refractivity contribution in [3.8, 4) is 0 Å². The molecule has 42 heavy (non-hydrogen) atoms. The number of para-hydroxylation sites is 1. The van der Waals surface area contributed by atoms with E-state index in [9.17, 15) is 18.0 Å². The number of aromatic nitrogens is 2. The Balaban J connectivity index is 0.000000405. The van der Waals surface area contributed by atoms with Gasteiger partial charge < -0.3 is 15.2 Å². The molecule has 4 heterocycles. The standard InChI is InChI=1S/C28H26N4O2S.C2HF3O2/c33-27-28(22-3-1-2-4-25(22)29-27)15-23(28)19-6-7-21-24(30-31-26(21)14-19)8-5-18-13-20(35-17-18)16-32-9-11-34-12-10-32;3-2(4,5)1(6)7/h1-8,13-14,17,23H,9-12,15-16H2,(H,29,33)(H,30,31);(H,6,7)/t23-,28-;/m0./s1. The molecule has 4 aromatic rings. The van der Waals surface area contributed by atoms with Crippen molar-refractivity contribution >= 4 is 52.0 Å². The molecule has 2 aromatic carbocycles. The number of rotatable bonds is 5. The van der Waals surface area contributed by atoms with E-state index in [1.807, 2.05) is 18.2 Å². The number of nitrogens with zero attached hydrogens (tertiary/aromatic N) is 2. The number of hydrogen-bond acceptors (Lipinski definition) is 6. The number of morpholine rings is 1. The van der Waals surface area contributed by atoms with Crippen LogP contribution in [0.5, 0.6) is 0 Å².